The van der Waals surface area contributed by atoms with Crippen LogP contribution in [0.2, 0.25) is 0 Å². The lowest BCUT2D eigenvalue weighted by Gasteiger charge is -2.33. The Hall–Kier alpha value is -2.07. The van der Waals surface area contributed by atoms with Gasteiger partial charge in [-0.25, -0.2) is 0 Å². The summed E-state index contributed by atoms with van der Waals surface area (Å²) in [6.07, 6.45) is 4.94. The molecule has 3 rings (SSSR count). The summed E-state index contributed by atoms with van der Waals surface area (Å²) in [5.74, 6) is -0.217. The van der Waals surface area contributed by atoms with E-state index in [1.165, 1.54) is 23.7 Å². The first-order valence-corrected chi connectivity index (χ1v) is 6.76. The van der Waals surface area contributed by atoms with Crippen LogP contribution < -0.4 is 5.32 Å². The molecule has 1 aromatic heterocycles. The average molecular weight is 271 g/mol. The highest BCUT2D eigenvalue weighted by molar-refractivity contribution is 5.93. The molecule has 0 aliphatic heterocycles. The highest BCUT2D eigenvalue weighted by Crippen LogP contribution is 2.28. The van der Waals surface area contributed by atoms with Crippen LogP contribution in [0.25, 0.3) is 0 Å². The van der Waals surface area contributed by atoms with Gasteiger partial charge < -0.3 is 14.8 Å². The topological polar surface area (TPSA) is 62.5 Å². The summed E-state index contributed by atoms with van der Waals surface area (Å²) >= 11 is 0. The molecular formula is C16H17NO3. The maximum Gasteiger partial charge on any atom is 0.254 e. The number of rotatable bonds is 3. The van der Waals surface area contributed by atoms with E-state index in [2.05, 4.69) is 11.4 Å². The Labute approximate surface area is 117 Å². The van der Waals surface area contributed by atoms with Crippen molar-refractivity contribution in [3.8, 4) is 0 Å². The average Bonchev–Trinajstić information content (AvgIpc) is 2.99. The Balaban J connectivity index is 1.65. The molecule has 0 saturated carbocycles. The summed E-state index contributed by atoms with van der Waals surface area (Å²) in [5, 5.41) is 13.4. The lowest BCUT2D eigenvalue weighted by Crippen LogP contribution is -2.46. The zero-order chi connectivity index (χ0) is 14.0. The molecule has 2 N–H and O–H groups in total. The minimum Gasteiger partial charge on any atom is -0.472 e. The third-order valence-electron chi connectivity index (χ3n) is 3.86. The molecule has 0 bridgehead atoms. The van der Waals surface area contributed by atoms with Crippen LogP contribution in [0.4, 0.5) is 0 Å². The summed E-state index contributed by atoms with van der Waals surface area (Å²) in [5.41, 5.74) is 2.07. The highest BCUT2D eigenvalue weighted by atomic mass is 16.3. The number of nitrogens with one attached hydrogen (secondary N) is 1. The molecule has 1 heterocycles. The van der Waals surface area contributed by atoms with Crippen LogP contribution in [0.15, 0.2) is 47.3 Å². The molecular weight excluding hydrogens is 254 g/mol. The normalized spacial score (nSPS) is 21.2. The quantitative estimate of drug-likeness (QED) is 0.896. The van der Waals surface area contributed by atoms with Gasteiger partial charge in [0.1, 0.15) is 6.26 Å². The van der Waals surface area contributed by atoms with Crippen LogP contribution in [0.1, 0.15) is 27.9 Å². The van der Waals surface area contributed by atoms with Crippen molar-refractivity contribution < 1.29 is 14.3 Å². The van der Waals surface area contributed by atoms with Gasteiger partial charge in [0.2, 0.25) is 0 Å². The van der Waals surface area contributed by atoms with Crippen LogP contribution in [-0.2, 0) is 12.8 Å². The summed E-state index contributed by atoms with van der Waals surface area (Å²) < 4.78 is 4.88. The predicted octanol–water partition coefficient (Wildman–Crippen LogP) is 1.93. The van der Waals surface area contributed by atoms with E-state index in [1.54, 1.807) is 6.07 Å². The molecule has 20 heavy (non-hydrogen) atoms. The van der Waals surface area contributed by atoms with Gasteiger partial charge in [-0.3, -0.25) is 4.79 Å². The first-order chi connectivity index (χ1) is 9.66. The fourth-order valence-electron chi connectivity index (χ4n) is 2.68. The van der Waals surface area contributed by atoms with Crippen LogP contribution in [0, 0.1) is 0 Å². The smallest absolute Gasteiger partial charge is 0.254 e. The van der Waals surface area contributed by atoms with E-state index in [0.29, 0.717) is 18.4 Å². The third kappa shape index (κ3) is 2.60. The van der Waals surface area contributed by atoms with Gasteiger partial charge in [0.05, 0.1) is 17.4 Å². The maximum atomic E-state index is 11.9. The second-order valence-corrected chi connectivity index (χ2v) is 5.36. The number of aliphatic hydroxyl groups is 1. The van der Waals surface area contributed by atoms with Gasteiger partial charge in [0, 0.05) is 13.0 Å². The number of carbonyl (C=O) groups excluding carboxylic acids is 1. The standard InChI is InChI=1S/C16H17NO3/c18-15(14-6-8-20-10-14)17-11-16(19)7-5-12-3-1-2-4-13(12)9-16/h1-4,6,8,10,19H,5,7,9,11H2,(H,17,18)/t16-/m0/s1. The Morgan fingerprint density at radius 2 is 2.10 bits per heavy atom. The Bertz CT molecular complexity index is 606. The SMILES string of the molecule is O=C(NC[C@]1(O)CCc2ccccc2C1)c1ccoc1. The molecule has 1 aliphatic rings. The van der Waals surface area contributed by atoms with Gasteiger partial charge in [-0.05, 0) is 30.0 Å². The van der Waals surface area contributed by atoms with Gasteiger partial charge >= 0.3 is 0 Å². The summed E-state index contributed by atoms with van der Waals surface area (Å²) in [6, 6.07) is 9.74. The van der Waals surface area contributed by atoms with E-state index in [4.69, 9.17) is 4.42 Å². The van der Waals surface area contributed by atoms with E-state index >= 15 is 0 Å². The van der Waals surface area contributed by atoms with E-state index < -0.39 is 5.60 Å². The minimum absolute atomic E-state index is 0.217. The van der Waals surface area contributed by atoms with Crippen LogP contribution in [-0.4, -0.2) is 23.2 Å². The van der Waals surface area contributed by atoms with Gasteiger partial charge in [-0.15, -0.1) is 0 Å². The predicted molar refractivity (Wildman–Crippen MR) is 74.5 cm³/mol. The van der Waals surface area contributed by atoms with Crippen molar-refractivity contribution in [2.24, 2.45) is 0 Å². The van der Waals surface area contributed by atoms with E-state index in [9.17, 15) is 9.90 Å². The summed E-state index contributed by atoms with van der Waals surface area (Å²) in [4.78, 5) is 11.9. The molecule has 0 fully saturated rings. The number of benzene rings is 1. The first-order valence-electron chi connectivity index (χ1n) is 6.76. The summed E-state index contributed by atoms with van der Waals surface area (Å²) in [6.45, 7) is 0.255. The molecule has 1 atom stereocenters. The molecule has 104 valence electrons. The van der Waals surface area contributed by atoms with Gasteiger partial charge in [0.25, 0.3) is 5.91 Å². The van der Waals surface area contributed by atoms with Crippen molar-refractivity contribution in [3.63, 3.8) is 0 Å². The maximum absolute atomic E-state index is 11.9. The molecule has 0 saturated heterocycles. The number of furan rings is 1. The van der Waals surface area contributed by atoms with E-state index in [1.807, 2.05) is 18.2 Å². The Morgan fingerprint density at radius 3 is 2.85 bits per heavy atom. The fraction of sp³-hybridized carbons (Fsp3) is 0.312. The van der Waals surface area contributed by atoms with Crippen molar-refractivity contribution in [2.75, 3.05) is 6.54 Å². The second kappa shape index (κ2) is 5.13. The second-order valence-electron chi connectivity index (χ2n) is 5.36. The van der Waals surface area contributed by atoms with Crippen molar-refractivity contribution in [3.05, 3.63) is 59.5 Å². The third-order valence-corrected chi connectivity index (χ3v) is 3.86. The number of hydrogen-bond acceptors (Lipinski definition) is 3. The number of hydrogen-bond donors (Lipinski definition) is 2. The molecule has 0 radical (unpaired) electrons. The number of amides is 1. The first kappa shape index (κ1) is 12.9. The van der Waals surface area contributed by atoms with E-state index in [-0.39, 0.29) is 12.5 Å². The van der Waals surface area contributed by atoms with Crippen molar-refractivity contribution >= 4 is 5.91 Å². The Morgan fingerprint density at radius 1 is 1.30 bits per heavy atom. The lowest BCUT2D eigenvalue weighted by molar-refractivity contribution is 0.0260. The van der Waals surface area contributed by atoms with Gasteiger partial charge in [-0.1, -0.05) is 24.3 Å². The molecule has 1 amide bonds. The largest absolute Gasteiger partial charge is 0.472 e. The minimum atomic E-state index is -0.867. The summed E-state index contributed by atoms with van der Waals surface area (Å²) in [7, 11) is 0. The van der Waals surface area contributed by atoms with Crippen molar-refractivity contribution in [1.29, 1.82) is 0 Å². The van der Waals surface area contributed by atoms with Crippen LogP contribution in [0.3, 0.4) is 0 Å². The number of fused-ring (bicyclic) bond motifs is 1. The molecule has 4 heteroatoms. The highest BCUT2D eigenvalue weighted by Gasteiger charge is 2.32. The monoisotopic (exact) mass is 271 g/mol. The molecule has 0 spiro atoms. The van der Waals surface area contributed by atoms with Crippen molar-refractivity contribution in [1.82, 2.24) is 5.32 Å². The van der Waals surface area contributed by atoms with Crippen LogP contribution >= 0.6 is 0 Å². The van der Waals surface area contributed by atoms with E-state index in [0.717, 1.165) is 6.42 Å². The Kier molecular flexibility index (Phi) is 3.32. The molecule has 0 unspecified atom stereocenters. The zero-order valence-electron chi connectivity index (χ0n) is 11.1. The van der Waals surface area contributed by atoms with Gasteiger partial charge in [0.15, 0.2) is 0 Å². The van der Waals surface area contributed by atoms with Gasteiger partial charge in [-0.2, -0.15) is 0 Å². The molecule has 1 aromatic carbocycles. The lowest BCUT2D eigenvalue weighted by atomic mass is 9.80. The number of aryl methyl sites for hydroxylation is 1. The fourth-order valence-corrected chi connectivity index (χ4v) is 2.68. The molecule has 2 aromatic rings. The number of carbonyl (C=O) groups is 1. The molecule has 1 aliphatic carbocycles. The van der Waals surface area contributed by atoms with Crippen LogP contribution in [0.5, 0.6) is 0 Å². The zero-order valence-corrected chi connectivity index (χ0v) is 11.1. The van der Waals surface area contributed by atoms with Crippen molar-refractivity contribution in [2.45, 2.75) is 24.9 Å². The molecule has 4 nitrogen and oxygen atoms in total.